The third-order valence-electron chi connectivity index (χ3n) is 2.30. The molecule has 0 aromatic carbocycles. The molecule has 1 aromatic rings. The Morgan fingerprint density at radius 3 is 2.72 bits per heavy atom. The number of likely N-dealkylation sites (N-methyl/N-ethyl adjacent to an activating group) is 1. The van der Waals surface area contributed by atoms with Crippen LogP contribution in [-0.2, 0) is 0 Å². The van der Waals surface area contributed by atoms with Gasteiger partial charge in [0.05, 0.1) is 5.60 Å². The molecule has 5 heteroatoms. The van der Waals surface area contributed by atoms with E-state index in [0.29, 0.717) is 11.5 Å². The van der Waals surface area contributed by atoms with Crippen LogP contribution in [0.3, 0.4) is 0 Å². The molecule has 0 aliphatic rings. The molecule has 0 radical (unpaired) electrons. The van der Waals surface area contributed by atoms with Crippen LogP contribution in [0.15, 0.2) is 18.2 Å². The van der Waals surface area contributed by atoms with Crippen LogP contribution in [0.1, 0.15) is 31.3 Å². The van der Waals surface area contributed by atoms with Crippen LogP contribution in [0, 0.1) is 0 Å². The summed E-state index contributed by atoms with van der Waals surface area (Å²) in [7, 11) is 1.65. The van der Waals surface area contributed by atoms with Crippen molar-refractivity contribution in [2.45, 2.75) is 26.4 Å². The molecule has 0 fully saturated rings. The number of carbonyl (C=O) groups is 1. The van der Waals surface area contributed by atoms with Gasteiger partial charge in [0.1, 0.15) is 11.5 Å². The van der Waals surface area contributed by atoms with Gasteiger partial charge < -0.3 is 15.3 Å². The Hall–Kier alpha value is -1.62. The number of rotatable bonds is 5. The van der Waals surface area contributed by atoms with E-state index in [4.69, 9.17) is 0 Å². The first-order valence-corrected chi connectivity index (χ1v) is 6.02. The smallest absolute Gasteiger partial charge is 0.272 e. The zero-order chi connectivity index (χ0) is 13.8. The summed E-state index contributed by atoms with van der Waals surface area (Å²) in [5, 5.41) is 12.8. The van der Waals surface area contributed by atoms with Crippen molar-refractivity contribution >= 4 is 11.7 Å². The number of aromatic nitrogens is 1. The Labute approximate surface area is 108 Å². The van der Waals surface area contributed by atoms with Gasteiger partial charge in [-0.3, -0.25) is 4.79 Å². The van der Waals surface area contributed by atoms with Crippen molar-refractivity contribution in [2.75, 3.05) is 25.5 Å². The first-order chi connectivity index (χ1) is 8.33. The number of anilines is 1. The summed E-state index contributed by atoms with van der Waals surface area (Å²) in [6.45, 7) is 6.32. The van der Waals surface area contributed by atoms with Crippen molar-refractivity contribution in [3.63, 3.8) is 0 Å². The highest BCUT2D eigenvalue weighted by atomic mass is 16.3. The lowest BCUT2D eigenvalue weighted by Crippen LogP contribution is -2.40. The highest BCUT2D eigenvalue weighted by molar-refractivity contribution is 5.92. The average molecular weight is 251 g/mol. The van der Waals surface area contributed by atoms with E-state index in [-0.39, 0.29) is 12.5 Å². The molecule has 5 nitrogen and oxygen atoms in total. The number of aliphatic hydroxyl groups is 1. The summed E-state index contributed by atoms with van der Waals surface area (Å²) in [5.41, 5.74) is -0.538. The van der Waals surface area contributed by atoms with E-state index < -0.39 is 5.60 Å². The second-order valence-corrected chi connectivity index (χ2v) is 4.91. The van der Waals surface area contributed by atoms with Gasteiger partial charge in [-0.1, -0.05) is 6.07 Å². The number of hydrogen-bond acceptors (Lipinski definition) is 4. The van der Waals surface area contributed by atoms with Crippen LogP contribution in [-0.4, -0.2) is 46.6 Å². The van der Waals surface area contributed by atoms with Crippen LogP contribution in [0.2, 0.25) is 0 Å². The first kappa shape index (κ1) is 14.4. The second-order valence-electron chi connectivity index (χ2n) is 4.91. The molecule has 18 heavy (non-hydrogen) atoms. The standard InChI is InChI=1S/C13H21N3O2/c1-5-14-11-8-6-7-10(15-11)12(17)16(4)9-13(2,3)18/h6-8,18H,5,9H2,1-4H3,(H,14,15). The van der Waals surface area contributed by atoms with Crippen molar-refractivity contribution in [1.29, 1.82) is 0 Å². The normalized spacial score (nSPS) is 11.2. The Balaban J connectivity index is 2.80. The zero-order valence-electron chi connectivity index (χ0n) is 11.4. The molecule has 1 heterocycles. The SMILES string of the molecule is CCNc1cccc(C(=O)N(C)CC(C)(C)O)n1. The summed E-state index contributed by atoms with van der Waals surface area (Å²) < 4.78 is 0. The topological polar surface area (TPSA) is 65.5 Å². The third kappa shape index (κ3) is 4.33. The third-order valence-corrected chi connectivity index (χ3v) is 2.30. The van der Waals surface area contributed by atoms with Crippen LogP contribution in [0.25, 0.3) is 0 Å². The molecule has 100 valence electrons. The lowest BCUT2D eigenvalue weighted by Gasteiger charge is -2.25. The quantitative estimate of drug-likeness (QED) is 0.829. The fourth-order valence-electron chi connectivity index (χ4n) is 1.68. The Kier molecular flexibility index (Phi) is 4.67. The highest BCUT2D eigenvalue weighted by Gasteiger charge is 2.21. The fourth-order valence-corrected chi connectivity index (χ4v) is 1.68. The Bertz CT molecular complexity index is 413. The van der Waals surface area contributed by atoms with E-state index >= 15 is 0 Å². The number of nitrogens with zero attached hydrogens (tertiary/aromatic N) is 2. The summed E-state index contributed by atoms with van der Waals surface area (Å²) in [4.78, 5) is 17.8. The number of carbonyl (C=O) groups excluding carboxylic acids is 1. The maximum Gasteiger partial charge on any atom is 0.272 e. The summed E-state index contributed by atoms with van der Waals surface area (Å²) in [6, 6.07) is 5.27. The van der Waals surface area contributed by atoms with Gasteiger partial charge >= 0.3 is 0 Å². The van der Waals surface area contributed by atoms with Gasteiger partial charge in [0.15, 0.2) is 0 Å². The van der Waals surface area contributed by atoms with E-state index in [1.54, 1.807) is 33.0 Å². The minimum Gasteiger partial charge on any atom is -0.389 e. The van der Waals surface area contributed by atoms with Crippen molar-refractivity contribution in [2.24, 2.45) is 0 Å². The zero-order valence-corrected chi connectivity index (χ0v) is 11.4. The van der Waals surface area contributed by atoms with Gasteiger partial charge in [-0.05, 0) is 32.9 Å². The lowest BCUT2D eigenvalue weighted by atomic mass is 10.1. The van der Waals surface area contributed by atoms with E-state index in [0.717, 1.165) is 6.54 Å². The molecule has 1 amide bonds. The second kappa shape index (κ2) is 5.82. The number of nitrogens with one attached hydrogen (secondary N) is 1. The highest BCUT2D eigenvalue weighted by Crippen LogP contribution is 2.09. The molecule has 0 spiro atoms. The van der Waals surface area contributed by atoms with E-state index in [2.05, 4.69) is 10.3 Å². The van der Waals surface area contributed by atoms with Crippen LogP contribution in [0.5, 0.6) is 0 Å². The summed E-state index contributed by atoms with van der Waals surface area (Å²) in [6.07, 6.45) is 0. The largest absolute Gasteiger partial charge is 0.389 e. The Morgan fingerprint density at radius 1 is 1.50 bits per heavy atom. The van der Waals surface area contributed by atoms with Gasteiger partial charge in [-0.15, -0.1) is 0 Å². The molecule has 0 aliphatic heterocycles. The molecule has 0 atom stereocenters. The van der Waals surface area contributed by atoms with Crippen LogP contribution < -0.4 is 5.32 Å². The molecule has 0 aliphatic carbocycles. The van der Waals surface area contributed by atoms with Gasteiger partial charge in [0.25, 0.3) is 5.91 Å². The molecule has 0 unspecified atom stereocenters. The monoisotopic (exact) mass is 251 g/mol. The molecule has 1 rings (SSSR count). The van der Waals surface area contributed by atoms with Crippen LogP contribution >= 0.6 is 0 Å². The number of hydrogen-bond donors (Lipinski definition) is 2. The average Bonchev–Trinajstić information content (AvgIpc) is 2.26. The fraction of sp³-hybridized carbons (Fsp3) is 0.538. The molecular formula is C13H21N3O2. The molecule has 0 saturated heterocycles. The summed E-state index contributed by atoms with van der Waals surface area (Å²) in [5.74, 6) is 0.483. The lowest BCUT2D eigenvalue weighted by molar-refractivity contribution is 0.0365. The predicted molar refractivity (Wildman–Crippen MR) is 71.7 cm³/mol. The maximum atomic E-state index is 12.1. The number of amides is 1. The molecule has 0 saturated carbocycles. The maximum absolute atomic E-state index is 12.1. The van der Waals surface area contributed by atoms with Gasteiger partial charge in [-0.2, -0.15) is 0 Å². The van der Waals surface area contributed by atoms with Crippen molar-refractivity contribution in [3.8, 4) is 0 Å². The van der Waals surface area contributed by atoms with Crippen molar-refractivity contribution in [1.82, 2.24) is 9.88 Å². The molecule has 1 aromatic heterocycles. The minimum absolute atomic E-state index is 0.197. The molecule has 0 bridgehead atoms. The number of pyridine rings is 1. The van der Waals surface area contributed by atoms with Gasteiger partial charge in [0, 0.05) is 20.1 Å². The van der Waals surface area contributed by atoms with Crippen molar-refractivity contribution in [3.05, 3.63) is 23.9 Å². The van der Waals surface area contributed by atoms with Crippen molar-refractivity contribution < 1.29 is 9.90 Å². The van der Waals surface area contributed by atoms with Gasteiger partial charge in [-0.25, -0.2) is 4.98 Å². The Morgan fingerprint density at radius 2 is 2.17 bits per heavy atom. The minimum atomic E-state index is -0.913. The first-order valence-electron chi connectivity index (χ1n) is 6.02. The molecule has 2 N–H and O–H groups in total. The summed E-state index contributed by atoms with van der Waals surface area (Å²) >= 11 is 0. The van der Waals surface area contributed by atoms with E-state index in [1.807, 2.05) is 13.0 Å². The van der Waals surface area contributed by atoms with E-state index in [9.17, 15) is 9.90 Å². The predicted octanol–water partition coefficient (Wildman–Crippen LogP) is 1.36. The van der Waals surface area contributed by atoms with E-state index in [1.165, 1.54) is 4.90 Å². The van der Waals surface area contributed by atoms with Crippen LogP contribution in [0.4, 0.5) is 5.82 Å². The van der Waals surface area contributed by atoms with Gasteiger partial charge in [0.2, 0.25) is 0 Å². The molecular weight excluding hydrogens is 230 g/mol.